The molecule has 0 saturated carbocycles. The second-order valence-corrected chi connectivity index (χ2v) is 8.12. The maximum atomic E-state index is 13.3. The van der Waals surface area contributed by atoms with E-state index in [0.29, 0.717) is 47.0 Å². The van der Waals surface area contributed by atoms with E-state index in [-0.39, 0.29) is 11.8 Å². The number of fused-ring (bicyclic) bond motifs is 1. The second-order valence-electron chi connectivity index (χ2n) is 8.12. The van der Waals surface area contributed by atoms with Gasteiger partial charge in [-0.1, -0.05) is 49.4 Å². The van der Waals surface area contributed by atoms with E-state index in [1.807, 2.05) is 86.6 Å². The lowest BCUT2D eigenvalue weighted by Crippen LogP contribution is -2.20. The average molecular weight is 481 g/mol. The van der Waals surface area contributed by atoms with Gasteiger partial charge < -0.3 is 10.1 Å². The van der Waals surface area contributed by atoms with Crippen molar-refractivity contribution in [2.45, 2.75) is 27.2 Å². The summed E-state index contributed by atoms with van der Waals surface area (Å²) in [5.74, 6) is 0.324. The third kappa shape index (κ3) is 5.58. The lowest BCUT2D eigenvalue weighted by atomic mass is 10.0. The molecule has 36 heavy (non-hydrogen) atoms. The summed E-state index contributed by atoms with van der Waals surface area (Å²) in [6.45, 7) is 6.07. The summed E-state index contributed by atoms with van der Waals surface area (Å²) in [7, 11) is 0. The van der Waals surface area contributed by atoms with Crippen LogP contribution in [-0.2, 0) is 4.79 Å². The lowest BCUT2D eigenvalue weighted by Gasteiger charge is -2.12. The zero-order valence-corrected chi connectivity index (χ0v) is 20.5. The standard InChI is InChI=1S/C29H28N4O3/c1-4-28(34)30-21-16-14-20(15-17-21)19(3)32-33-29(35)24-18-26(31-25-12-8-6-10-22(24)25)23-11-7-9-13-27(23)36-5-2/h6-18H,4-5H2,1-3H3,(H,30,34)(H,33,35). The van der Waals surface area contributed by atoms with E-state index in [1.165, 1.54) is 0 Å². The van der Waals surface area contributed by atoms with Crippen molar-refractivity contribution in [2.75, 3.05) is 11.9 Å². The predicted octanol–water partition coefficient (Wildman–Crippen LogP) is 5.80. The van der Waals surface area contributed by atoms with Crippen molar-refractivity contribution >= 4 is 34.1 Å². The Kier molecular flexibility index (Phi) is 7.70. The number of hydrazone groups is 1. The molecule has 7 heteroatoms. The van der Waals surface area contributed by atoms with Gasteiger partial charge in [0.15, 0.2) is 0 Å². The first-order chi connectivity index (χ1) is 17.5. The van der Waals surface area contributed by atoms with Gasteiger partial charge >= 0.3 is 0 Å². The first-order valence-corrected chi connectivity index (χ1v) is 11.9. The number of hydrogen-bond acceptors (Lipinski definition) is 5. The summed E-state index contributed by atoms with van der Waals surface area (Å²) in [6, 6.07) is 24.2. The van der Waals surface area contributed by atoms with Crippen LogP contribution in [0.1, 0.15) is 43.1 Å². The van der Waals surface area contributed by atoms with Crippen molar-refractivity contribution in [1.29, 1.82) is 0 Å². The zero-order valence-electron chi connectivity index (χ0n) is 20.5. The molecule has 1 aromatic heterocycles. The van der Waals surface area contributed by atoms with Gasteiger partial charge in [0.2, 0.25) is 5.91 Å². The van der Waals surface area contributed by atoms with Crippen LogP contribution in [-0.4, -0.2) is 29.1 Å². The minimum atomic E-state index is -0.338. The van der Waals surface area contributed by atoms with Crippen LogP contribution in [0.4, 0.5) is 5.69 Å². The zero-order chi connectivity index (χ0) is 25.5. The van der Waals surface area contributed by atoms with Crippen LogP contribution >= 0.6 is 0 Å². The van der Waals surface area contributed by atoms with Crippen LogP contribution < -0.4 is 15.5 Å². The van der Waals surface area contributed by atoms with E-state index in [1.54, 1.807) is 13.0 Å². The summed E-state index contributed by atoms with van der Waals surface area (Å²) in [5, 5.41) is 7.86. The highest BCUT2D eigenvalue weighted by molar-refractivity contribution is 6.08. The number of nitrogens with one attached hydrogen (secondary N) is 2. The van der Waals surface area contributed by atoms with Crippen molar-refractivity contribution in [3.05, 3.63) is 90.0 Å². The second kappa shape index (κ2) is 11.3. The Bertz CT molecular complexity index is 1430. The van der Waals surface area contributed by atoms with Crippen LogP contribution in [0.15, 0.2) is 84.0 Å². The number of rotatable bonds is 8. The molecule has 0 fully saturated rings. The third-order valence-electron chi connectivity index (χ3n) is 5.66. The maximum absolute atomic E-state index is 13.3. The number of anilines is 1. The Labute approximate surface area is 210 Å². The number of hydrogen-bond donors (Lipinski definition) is 2. The molecule has 7 nitrogen and oxygen atoms in total. The van der Waals surface area contributed by atoms with Gasteiger partial charge in [-0.3, -0.25) is 9.59 Å². The number of amides is 2. The summed E-state index contributed by atoms with van der Waals surface area (Å²) >= 11 is 0. The Morgan fingerprint density at radius 3 is 2.42 bits per heavy atom. The molecule has 0 radical (unpaired) electrons. The first kappa shape index (κ1) is 24.6. The van der Waals surface area contributed by atoms with Gasteiger partial charge in [0.25, 0.3) is 5.91 Å². The largest absolute Gasteiger partial charge is 0.493 e. The van der Waals surface area contributed by atoms with Crippen LogP contribution in [0.2, 0.25) is 0 Å². The van der Waals surface area contributed by atoms with Crippen LogP contribution in [0.25, 0.3) is 22.2 Å². The smallest absolute Gasteiger partial charge is 0.272 e. The molecule has 0 aliphatic carbocycles. The van der Waals surface area contributed by atoms with Gasteiger partial charge in [0.1, 0.15) is 5.75 Å². The number of carbonyl (C=O) groups is 2. The molecule has 0 atom stereocenters. The van der Waals surface area contributed by atoms with Crippen molar-refractivity contribution < 1.29 is 14.3 Å². The summed E-state index contributed by atoms with van der Waals surface area (Å²) in [5.41, 5.74) is 7.50. The highest BCUT2D eigenvalue weighted by Crippen LogP contribution is 2.31. The average Bonchev–Trinajstić information content (AvgIpc) is 2.91. The van der Waals surface area contributed by atoms with Gasteiger partial charge in [0.05, 0.1) is 29.1 Å². The van der Waals surface area contributed by atoms with Gasteiger partial charge in [-0.05, 0) is 55.8 Å². The minimum Gasteiger partial charge on any atom is -0.493 e. The molecule has 1 heterocycles. The van der Waals surface area contributed by atoms with E-state index in [0.717, 1.165) is 16.5 Å². The Balaban J connectivity index is 1.62. The van der Waals surface area contributed by atoms with Crippen molar-refractivity contribution in [3.63, 3.8) is 0 Å². The Hall–Kier alpha value is -4.52. The molecule has 0 saturated heterocycles. The summed E-state index contributed by atoms with van der Waals surface area (Å²) in [6.07, 6.45) is 0.414. The van der Waals surface area contributed by atoms with E-state index in [9.17, 15) is 9.59 Å². The molecule has 0 bridgehead atoms. The fourth-order valence-corrected chi connectivity index (χ4v) is 3.76. The molecule has 4 rings (SSSR count). The monoisotopic (exact) mass is 480 g/mol. The first-order valence-electron chi connectivity index (χ1n) is 11.9. The summed E-state index contributed by atoms with van der Waals surface area (Å²) < 4.78 is 5.78. The number of aromatic nitrogens is 1. The van der Waals surface area contributed by atoms with Crippen LogP contribution in [0.3, 0.4) is 0 Å². The molecular formula is C29H28N4O3. The number of carbonyl (C=O) groups excluding carboxylic acids is 2. The summed E-state index contributed by atoms with van der Waals surface area (Å²) in [4.78, 5) is 29.6. The van der Waals surface area contributed by atoms with E-state index in [4.69, 9.17) is 9.72 Å². The van der Waals surface area contributed by atoms with E-state index < -0.39 is 0 Å². The van der Waals surface area contributed by atoms with Gasteiger partial charge in [0, 0.05) is 23.1 Å². The number of pyridine rings is 1. The molecule has 3 aromatic carbocycles. The lowest BCUT2D eigenvalue weighted by molar-refractivity contribution is -0.115. The molecule has 4 aromatic rings. The van der Waals surface area contributed by atoms with Crippen LogP contribution in [0.5, 0.6) is 5.75 Å². The normalized spacial score (nSPS) is 11.2. The molecule has 182 valence electrons. The maximum Gasteiger partial charge on any atom is 0.272 e. The molecule has 0 aliphatic heterocycles. The third-order valence-corrected chi connectivity index (χ3v) is 5.66. The molecule has 0 unspecified atom stereocenters. The highest BCUT2D eigenvalue weighted by atomic mass is 16.5. The Morgan fingerprint density at radius 1 is 0.944 bits per heavy atom. The number of nitrogens with zero attached hydrogens (tertiary/aromatic N) is 2. The predicted molar refractivity (Wildman–Crippen MR) is 143 cm³/mol. The van der Waals surface area contributed by atoms with Crippen molar-refractivity contribution in [1.82, 2.24) is 10.4 Å². The van der Waals surface area contributed by atoms with Gasteiger partial charge in [-0.2, -0.15) is 5.10 Å². The van der Waals surface area contributed by atoms with Crippen molar-refractivity contribution in [3.8, 4) is 17.0 Å². The molecule has 0 aliphatic rings. The minimum absolute atomic E-state index is 0.0479. The molecule has 2 amide bonds. The van der Waals surface area contributed by atoms with Gasteiger partial charge in [-0.25, -0.2) is 10.4 Å². The SMILES string of the molecule is CCOc1ccccc1-c1cc(C(=O)NN=C(C)c2ccc(NC(=O)CC)cc2)c2ccccc2n1. The topological polar surface area (TPSA) is 92.7 Å². The fraction of sp³-hybridized carbons (Fsp3) is 0.172. The number of ether oxygens (including phenoxy) is 1. The fourth-order valence-electron chi connectivity index (χ4n) is 3.76. The van der Waals surface area contributed by atoms with E-state index >= 15 is 0 Å². The number of para-hydroxylation sites is 2. The molecular weight excluding hydrogens is 452 g/mol. The molecule has 2 N–H and O–H groups in total. The molecule has 0 spiro atoms. The van der Waals surface area contributed by atoms with Gasteiger partial charge in [-0.15, -0.1) is 0 Å². The quantitative estimate of drug-likeness (QED) is 0.246. The Morgan fingerprint density at radius 2 is 1.67 bits per heavy atom. The van der Waals surface area contributed by atoms with E-state index in [2.05, 4.69) is 15.8 Å². The number of benzene rings is 3. The van der Waals surface area contributed by atoms with Crippen LogP contribution in [0, 0.1) is 0 Å². The van der Waals surface area contributed by atoms with Crippen molar-refractivity contribution in [2.24, 2.45) is 5.10 Å². The highest BCUT2D eigenvalue weighted by Gasteiger charge is 2.16.